The standard InChI is InChI=1S/C27H25ClN6O2/c28-22-9-5-4-8-21(22)23-14-20(35-32-23)17-34-12-10-18(11-13-34)15-29-27-25-24(16-30-31-27)36-33-26(25)19-6-2-1-3-7-19/h1-9,14,16,18H,10-13,15,17H2,(H,29,31). The van der Waals surface area contributed by atoms with Crippen LogP contribution in [0.1, 0.15) is 18.6 Å². The van der Waals surface area contributed by atoms with Crippen LogP contribution in [0.5, 0.6) is 0 Å². The van der Waals surface area contributed by atoms with Crippen LogP contribution in [0.2, 0.25) is 5.02 Å². The quantitative estimate of drug-likeness (QED) is 0.294. The third-order valence-electron chi connectivity index (χ3n) is 6.69. The van der Waals surface area contributed by atoms with Gasteiger partial charge in [0.1, 0.15) is 11.4 Å². The van der Waals surface area contributed by atoms with E-state index in [1.165, 1.54) is 0 Å². The molecule has 0 spiro atoms. The Balaban J connectivity index is 1.06. The Kier molecular flexibility index (Phi) is 6.36. The predicted octanol–water partition coefficient (Wildman–Crippen LogP) is 5.92. The number of hydrogen-bond donors (Lipinski definition) is 1. The van der Waals surface area contributed by atoms with E-state index in [1.807, 2.05) is 60.7 Å². The average Bonchev–Trinajstić information content (AvgIpc) is 3.57. The van der Waals surface area contributed by atoms with Crippen molar-refractivity contribution >= 4 is 28.4 Å². The molecular weight excluding hydrogens is 476 g/mol. The molecule has 182 valence electrons. The third-order valence-corrected chi connectivity index (χ3v) is 7.02. The Bertz CT molecular complexity index is 1460. The van der Waals surface area contributed by atoms with Crippen molar-refractivity contribution in [3.8, 4) is 22.5 Å². The van der Waals surface area contributed by atoms with Gasteiger partial charge in [0, 0.05) is 23.7 Å². The van der Waals surface area contributed by atoms with E-state index in [4.69, 9.17) is 20.6 Å². The molecule has 2 aromatic carbocycles. The first-order valence-corrected chi connectivity index (χ1v) is 12.5. The number of nitrogens with one attached hydrogen (secondary N) is 1. The van der Waals surface area contributed by atoms with Crippen molar-refractivity contribution in [1.29, 1.82) is 0 Å². The molecule has 1 aliphatic rings. The SMILES string of the molecule is Clc1ccccc1-c1cc(CN2CCC(CNc3nncc4onc(-c5ccccc5)c34)CC2)on1. The van der Waals surface area contributed by atoms with Crippen LogP contribution in [0, 0.1) is 5.92 Å². The summed E-state index contributed by atoms with van der Waals surface area (Å²) in [6.07, 6.45) is 3.77. The minimum atomic E-state index is 0.534. The third kappa shape index (κ3) is 4.69. The normalized spacial score (nSPS) is 14.9. The van der Waals surface area contributed by atoms with Gasteiger partial charge in [-0.15, -0.1) is 5.10 Å². The Hall–Kier alpha value is -3.75. The number of hydrogen-bond acceptors (Lipinski definition) is 8. The topological polar surface area (TPSA) is 93.1 Å². The van der Waals surface area contributed by atoms with Gasteiger partial charge in [-0.3, -0.25) is 4.90 Å². The zero-order chi connectivity index (χ0) is 24.3. The van der Waals surface area contributed by atoms with Crippen LogP contribution in [-0.2, 0) is 6.54 Å². The Labute approximate surface area is 213 Å². The molecule has 0 bridgehead atoms. The summed E-state index contributed by atoms with van der Waals surface area (Å²) in [6, 6.07) is 19.7. The van der Waals surface area contributed by atoms with Gasteiger partial charge in [0.15, 0.2) is 17.2 Å². The highest BCUT2D eigenvalue weighted by molar-refractivity contribution is 6.33. The van der Waals surface area contributed by atoms with Crippen molar-refractivity contribution in [2.75, 3.05) is 25.0 Å². The molecule has 8 nitrogen and oxygen atoms in total. The zero-order valence-electron chi connectivity index (χ0n) is 19.6. The second kappa shape index (κ2) is 10.1. The van der Waals surface area contributed by atoms with Crippen LogP contribution in [0.3, 0.4) is 0 Å². The number of benzene rings is 2. The maximum atomic E-state index is 6.30. The van der Waals surface area contributed by atoms with Crippen molar-refractivity contribution in [2.24, 2.45) is 5.92 Å². The summed E-state index contributed by atoms with van der Waals surface area (Å²) in [7, 11) is 0. The number of halogens is 1. The highest BCUT2D eigenvalue weighted by atomic mass is 35.5. The molecule has 5 aromatic rings. The van der Waals surface area contributed by atoms with Crippen molar-refractivity contribution < 1.29 is 9.05 Å². The summed E-state index contributed by atoms with van der Waals surface area (Å²) < 4.78 is 11.1. The number of rotatable bonds is 7. The summed E-state index contributed by atoms with van der Waals surface area (Å²) in [5.74, 6) is 2.10. The predicted molar refractivity (Wildman–Crippen MR) is 138 cm³/mol. The molecule has 36 heavy (non-hydrogen) atoms. The number of fused-ring (bicyclic) bond motifs is 1. The number of aromatic nitrogens is 4. The molecule has 1 aliphatic heterocycles. The smallest absolute Gasteiger partial charge is 0.191 e. The molecule has 0 aliphatic carbocycles. The first-order chi connectivity index (χ1) is 17.7. The molecule has 1 N–H and O–H groups in total. The molecule has 1 fully saturated rings. The molecule has 9 heteroatoms. The highest BCUT2D eigenvalue weighted by Gasteiger charge is 2.22. The molecule has 6 rings (SSSR count). The second-order valence-electron chi connectivity index (χ2n) is 9.09. The zero-order valence-corrected chi connectivity index (χ0v) is 20.4. The highest BCUT2D eigenvalue weighted by Crippen LogP contribution is 2.32. The molecule has 0 saturated carbocycles. The summed E-state index contributed by atoms with van der Waals surface area (Å²) in [5, 5.41) is 22.0. The van der Waals surface area contributed by atoms with Crippen molar-refractivity contribution in [3.63, 3.8) is 0 Å². The van der Waals surface area contributed by atoms with Gasteiger partial charge < -0.3 is 14.4 Å². The second-order valence-corrected chi connectivity index (χ2v) is 9.50. The molecule has 1 saturated heterocycles. The largest absolute Gasteiger partial charge is 0.368 e. The maximum Gasteiger partial charge on any atom is 0.191 e. The van der Waals surface area contributed by atoms with Crippen LogP contribution in [0.15, 0.2) is 75.9 Å². The lowest BCUT2D eigenvalue weighted by Gasteiger charge is -2.31. The first-order valence-electron chi connectivity index (χ1n) is 12.1. The molecule has 3 aromatic heterocycles. The fraction of sp³-hybridized carbons (Fsp3) is 0.259. The van der Waals surface area contributed by atoms with E-state index >= 15 is 0 Å². The van der Waals surface area contributed by atoms with Crippen molar-refractivity contribution in [2.45, 2.75) is 19.4 Å². The summed E-state index contributed by atoms with van der Waals surface area (Å²) >= 11 is 6.30. The van der Waals surface area contributed by atoms with Crippen molar-refractivity contribution in [1.82, 2.24) is 25.4 Å². The lowest BCUT2D eigenvalue weighted by molar-refractivity contribution is 0.166. The molecule has 4 heterocycles. The van der Waals surface area contributed by atoms with E-state index < -0.39 is 0 Å². The average molecular weight is 501 g/mol. The Morgan fingerprint density at radius 2 is 1.78 bits per heavy atom. The van der Waals surface area contributed by atoms with Crippen molar-refractivity contribution in [3.05, 3.63) is 77.6 Å². The molecule has 0 atom stereocenters. The minimum absolute atomic E-state index is 0.534. The van der Waals surface area contributed by atoms with Crippen LogP contribution >= 0.6 is 11.6 Å². The first kappa shape index (κ1) is 22.7. The van der Waals surface area contributed by atoms with Crippen LogP contribution < -0.4 is 5.32 Å². The van der Waals surface area contributed by atoms with Gasteiger partial charge in [0.2, 0.25) is 0 Å². The van der Waals surface area contributed by atoms with Gasteiger partial charge in [0.05, 0.1) is 23.2 Å². The lowest BCUT2D eigenvalue weighted by atomic mass is 9.96. The van der Waals surface area contributed by atoms with Crippen LogP contribution in [0.25, 0.3) is 33.5 Å². The van der Waals surface area contributed by atoms with Crippen LogP contribution in [0.4, 0.5) is 5.82 Å². The Morgan fingerprint density at radius 1 is 0.972 bits per heavy atom. The van der Waals surface area contributed by atoms with E-state index in [1.54, 1.807) is 6.20 Å². The number of piperidine rings is 1. The minimum Gasteiger partial charge on any atom is -0.368 e. The maximum absolute atomic E-state index is 6.30. The van der Waals surface area contributed by atoms with Gasteiger partial charge in [-0.2, -0.15) is 5.10 Å². The van der Waals surface area contributed by atoms with Gasteiger partial charge in [-0.05, 0) is 37.9 Å². The van der Waals surface area contributed by atoms with E-state index in [-0.39, 0.29) is 0 Å². The van der Waals surface area contributed by atoms with E-state index in [0.29, 0.717) is 22.3 Å². The Morgan fingerprint density at radius 3 is 2.61 bits per heavy atom. The van der Waals surface area contributed by atoms with Crippen LogP contribution in [-0.4, -0.2) is 45.0 Å². The molecular formula is C27H25ClN6O2. The monoisotopic (exact) mass is 500 g/mol. The lowest BCUT2D eigenvalue weighted by Crippen LogP contribution is -2.35. The molecule has 0 unspecified atom stereocenters. The number of nitrogens with zero attached hydrogens (tertiary/aromatic N) is 5. The summed E-state index contributed by atoms with van der Waals surface area (Å²) in [4.78, 5) is 2.40. The number of anilines is 1. The fourth-order valence-corrected chi connectivity index (χ4v) is 4.95. The fourth-order valence-electron chi connectivity index (χ4n) is 4.72. The van der Waals surface area contributed by atoms with E-state index in [2.05, 4.69) is 30.7 Å². The van der Waals surface area contributed by atoms with E-state index in [9.17, 15) is 0 Å². The molecule has 0 radical (unpaired) electrons. The summed E-state index contributed by atoms with van der Waals surface area (Å²) in [5.41, 5.74) is 4.06. The van der Waals surface area contributed by atoms with E-state index in [0.717, 1.165) is 72.7 Å². The van der Waals surface area contributed by atoms with Gasteiger partial charge in [0.25, 0.3) is 0 Å². The molecule has 0 amide bonds. The van der Waals surface area contributed by atoms with Gasteiger partial charge in [-0.25, -0.2) is 0 Å². The van der Waals surface area contributed by atoms with Gasteiger partial charge >= 0.3 is 0 Å². The summed E-state index contributed by atoms with van der Waals surface area (Å²) in [6.45, 7) is 3.54. The van der Waals surface area contributed by atoms with Gasteiger partial charge in [-0.1, -0.05) is 70.4 Å². The number of likely N-dealkylation sites (tertiary alicyclic amines) is 1.